The first-order valence-corrected chi connectivity index (χ1v) is 7.93. The third kappa shape index (κ3) is 3.96. The Kier molecular flexibility index (Phi) is 5.32. The fourth-order valence-electron chi connectivity index (χ4n) is 3.80. The van der Waals surface area contributed by atoms with Gasteiger partial charge in [0.25, 0.3) is 0 Å². The van der Waals surface area contributed by atoms with Crippen molar-refractivity contribution < 1.29 is 9.47 Å². The van der Waals surface area contributed by atoms with Gasteiger partial charge in [0.05, 0.1) is 17.3 Å². The summed E-state index contributed by atoms with van der Waals surface area (Å²) in [5, 5.41) is 3.52. The van der Waals surface area contributed by atoms with E-state index >= 15 is 0 Å². The Balaban J connectivity index is 3.05. The average molecular weight is 285 g/mol. The molecule has 1 N–H and O–H groups in total. The van der Waals surface area contributed by atoms with Crippen LogP contribution in [-0.4, -0.2) is 37.0 Å². The summed E-state index contributed by atoms with van der Waals surface area (Å²) >= 11 is 0. The van der Waals surface area contributed by atoms with Gasteiger partial charge in [0, 0.05) is 18.6 Å². The van der Waals surface area contributed by atoms with Crippen LogP contribution in [0.3, 0.4) is 0 Å². The Morgan fingerprint density at radius 3 is 2.10 bits per heavy atom. The van der Waals surface area contributed by atoms with Crippen molar-refractivity contribution in [3.63, 3.8) is 0 Å². The highest BCUT2D eigenvalue weighted by Gasteiger charge is 2.52. The maximum absolute atomic E-state index is 6.28. The van der Waals surface area contributed by atoms with E-state index in [0.717, 1.165) is 13.0 Å². The Morgan fingerprint density at radius 2 is 1.80 bits per heavy atom. The van der Waals surface area contributed by atoms with Gasteiger partial charge < -0.3 is 14.8 Å². The van der Waals surface area contributed by atoms with Gasteiger partial charge in [-0.05, 0) is 53.5 Å². The predicted octanol–water partition coefficient (Wildman–Crippen LogP) is 3.62. The molecule has 0 aromatic heterocycles. The first kappa shape index (κ1) is 17.9. The quantitative estimate of drug-likeness (QED) is 0.837. The molecule has 3 unspecified atom stereocenters. The van der Waals surface area contributed by atoms with E-state index in [-0.39, 0.29) is 22.7 Å². The molecular formula is C17H35NO2. The van der Waals surface area contributed by atoms with Crippen molar-refractivity contribution in [2.45, 2.75) is 85.2 Å². The van der Waals surface area contributed by atoms with Crippen LogP contribution in [0.15, 0.2) is 0 Å². The monoisotopic (exact) mass is 285 g/mol. The molecule has 0 aromatic rings. The lowest BCUT2D eigenvalue weighted by Gasteiger charge is -2.42. The van der Waals surface area contributed by atoms with Crippen LogP contribution in [0.1, 0.15) is 61.8 Å². The summed E-state index contributed by atoms with van der Waals surface area (Å²) in [5.74, 6) is 0.443. The topological polar surface area (TPSA) is 30.5 Å². The van der Waals surface area contributed by atoms with Crippen molar-refractivity contribution in [3.05, 3.63) is 0 Å². The van der Waals surface area contributed by atoms with Gasteiger partial charge in [-0.2, -0.15) is 0 Å². The van der Waals surface area contributed by atoms with Crippen LogP contribution >= 0.6 is 0 Å². The molecule has 1 fully saturated rings. The van der Waals surface area contributed by atoms with Crippen LogP contribution in [0.25, 0.3) is 0 Å². The van der Waals surface area contributed by atoms with Crippen LogP contribution in [0, 0.1) is 11.3 Å². The Hall–Kier alpha value is -0.120. The predicted molar refractivity (Wildman–Crippen MR) is 85.1 cm³/mol. The molecule has 3 atom stereocenters. The lowest BCUT2D eigenvalue weighted by atomic mass is 9.73. The van der Waals surface area contributed by atoms with E-state index in [0.29, 0.717) is 12.0 Å². The molecule has 0 radical (unpaired) electrons. The minimum atomic E-state index is -0.127. The minimum absolute atomic E-state index is 0.0576. The number of rotatable bonds is 5. The second-order valence-corrected chi connectivity index (χ2v) is 8.33. The Labute approximate surface area is 125 Å². The smallest absolute Gasteiger partial charge is 0.0779 e. The molecule has 3 nitrogen and oxygen atoms in total. The summed E-state index contributed by atoms with van der Waals surface area (Å²) in [6.07, 6.45) is 1.24. The molecule has 120 valence electrons. The summed E-state index contributed by atoms with van der Waals surface area (Å²) in [6.45, 7) is 18.4. The van der Waals surface area contributed by atoms with Gasteiger partial charge in [-0.1, -0.05) is 20.8 Å². The summed E-state index contributed by atoms with van der Waals surface area (Å²) in [4.78, 5) is 0. The van der Waals surface area contributed by atoms with Crippen LogP contribution < -0.4 is 5.32 Å². The Morgan fingerprint density at radius 1 is 1.25 bits per heavy atom. The van der Waals surface area contributed by atoms with E-state index < -0.39 is 0 Å². The molecule has 0 spiro atoms. The van der Waals surface area contributed by atoms with Crippen molar-refractivity contribution in [2.75, 3.05) is 13.7 Å². The largest absolute Gasteiger partial charge is 0.376 e. The van der Waals surface area contributed by atoms with Crippen molar-refractivity contribution in [3.8, 4) is 0 Å². The highest BCUT2D eigenvalue weighted by atomic mass is 16.5. The van der Waals surface area contributed by atoms with Crippen LogP contribution in [0.4, 0.5) is 0 Å². The molecule has 1 aliphatic heterocycles. The average Bonchev–Trinajstić information content (AvgIpc) is 2.45. The molecule has 0 amide bonds. The summed E-state index contributed by atoms with van der Waals surface area (Å²) in [7, 11) is 2.05. The summed E-state index contributed by atoms with van der Waals surface area (Å²) in [6, 6.07) is 0.298. The maximum atomic E-state index is 6.28. The van der Waals surface area contributed by atoms with Gasteiger partial charge in [0.2, 0.25) is 0 Å². The SMILES string of the molecule is CCOC(C(NC)C1CC(C)(C)OC1(C)C)C(C)(C)C. The molecule has 1 aliphatic rings. The van der Waals surface area contributed by atoms with Gasteiger partial charge in [0.1, 0.15) is 0 Å². The number of ether oxygens (including phenoxy) is 2. The fourth-order valence-corrected chi connectivity index (χ4v) is 3.80. The standard InChI is InChI=1S/C17H35NO2/c1-10-19-14(15(2,3)4)13(18-9)12-11-16(5,6)20-17(12,7)8/h12-14,18H,10-11H2,1-9H3. The maximum Gasteiger partial charge on any atom is 0.0779 e. The van der Waals surface area contributed by atoms with Gasteiger partial charge in [-0.3, -0.25) is 0 Å². The first-order chi connectivity index (χ1) is 8.94. The second-order valence-electron chi connectivity index (χ2n) is 8.33. The molecule has 20 heavy (non-hydrogen) atoms. The fraction of sp³-hybridized carbons (Fsp3) is 1.00. The van der Waals surface area contributed by atoms with Crippen LogP contribution in [0.2, 0.25) is 0 Å². The molecule has 3 heteroatoms. The number of nitrogens with one attached hydrogen (secondary N) is 1. The van der Waals surface area contributed by atoms with E-state index in [2.05, 4.69) is 60.7 Å². The van der Waals surface area contributed by atoms with Gasteiger partial charge >= 0.3 is 0 Å². The molecule has 1 saturated heterocycles. The number of likely N-dealkylation sites (N-methyl/N-ethyl adjacent to an activating group) is 1. The highest BCUT2D eigenvalue weighted by molar-refractivity contribution is 5.03. The minimum Gasteiger partial charge on any atom is -0.376 e. The summed E-state index contributed by atoms with van der Waals surface area (Å²) in [5.41, 5.74) is -0.0812. The normalized spacial score (nSPS) is 28.4. The molecule has 0 bridgehead atoms. The molecule has 1 rings (SSSR count). The molecule has 1 heterocycles. The van der Waals surface area contributed by atoms with Crippen molar-refractivity contribution in [2.24, 2.45) is 11.3 Å². The third-order valence-corrected chi connectivity index (χ3v) is 4.44. The number of hydrogen-bond acceptors (Lipinski definition) is 3. The zero-order chi connectivity index (χ0) is 15.8. The summed E-state index contributed by atoms with van der Waals surface area (Å²) < 4.78 is 12.4. The lowest BCUT2D eigenvalue weighted by Crippen LogP contribution is -2.54. The van der Waals surface area contributed by atoms with Gasteiger partial charge in [-0.25, -0.2) is 0 Å². The molecule has 0 saturated carbocycles. The second kappa shape index (κ2) is 5.94. The highest BCUT2D eigenvalue weighted by Crippen LogP contribution is 2.46. The van der Waals surface area contributed by atoms with Crippen molar-refractivity contribution in [1.29, 1.82) is 0 Å². The van der Waals surface area contributed by atoms with Crippen molar-refractivity contribution >= 4 is 0 Å². The van der Waals surface area contributed by atoms with Gasteiger partial charge in [-0.15, -0.1) is 0 Å². The van der Waals surface area contributed by atoms with E-state index in [4.69, 9.17) is 9.47 Å². The lowest BCUT2D eigenvalue weighted by molar-refractivity contribution is -0.0966. The van der Waals surface area contributed by atoms with E-state index in [1.165, 1.54) is 0 Å². The van der Waals surface area contributed by atoms with Crippen LogP contribution in [0.5, 0.6) is 0 Å². The molecular weight excluding hydrogens is 250 g/mol. The third-order valence-electron chi connectivity index (χ3n) is 4.44. The van der Waals surface area contributed by atoms with E-state index in [1.807, 2.05) is 7.05 Å². The first-order valence-electron chi connectivity index (χ1n) is 7.93. The van der Waals surface area contributed by atoms with Gasteiger partial charge in [0.15, 0.2) is 0 Å². The van der Waals surface area contributed by atoms with Crippen LogP contribution in [-0.2, 0) is 9.47 Å². The van der Waals surface area contributed by atoms with E-state index in [1.54, 1.807) is 0 Å². The molecule has 0 aromatic carbocycles. The number of hydrogen-bond donors (Lipinski definition) is 1. The van der Waals surface area contributed by atoms with E-state index in [9.17, 15) is 0 Å². The zero-order valence-corrected chi connectivity index (χ0v) is 15.0. The Bertz CT molecular complexity index is 317. The zero-order valence-electron chi connectivity index (χ0n) is 15.0. The molecule has 0 aliphatic carbocycles. The van der Waals surface area contributed by atoms with Crippen molar-refractivity contribution in [1.82, 2.24) is 5.32 Å².